The topological polar surface area (TPSA) is 54.5 Å². The molecule has 0 fully saturated rings. The average molecular weight is 278 g/mol. The third-order valence-corrected chi connectivity index (χ3v) is 3.22. The predicted octanol–water partition coefficient (Wildman–Crippen LogP) is 3.25. The Balaban J connectivity index is 2.06. The lowest BCUT2D eigenvalue weighted by Gasteiger charge is -2.09. The van der Waals surface area contributed by atoms with Gasteiger partial charge in [-0.3, -0.25) is 4.98 Å². The van der Waals surface area contributed by atoms with E-state index in [1.54, 1.807) is 30.9 Å². The molecule has 0 radical (unpaired) electrons. The van der Waals surface area contributed by atoms with Crippen molar-refractivity contribution in [2.75, 3.05) is 0 Å². The maximum Gasteiger partial charge on any atom is 0.133 e. The zero-order chi connectivity index (χ0) is 14.8. The van der Waals surface area contributed by atoms with Crippen LogP contribution in [0.5, 0.6) is 0 Å². The van der Waals surface area contributed by atoms with Crippen LogP contribution in [0.1, 0.15) is 11.1 Å². The number of hydrogen-bond acceptors (Lipinski definition) is 3. The van der Waals surface area contributed by atoms with E-state index in [1.165, 1.54) is 6.07 Å². The maximum absolute atomic E-state index is 14.1. The molecule has 0 unspecified atom stereocenters. The first-order chi connectivity index (χ1) is 10.2. The van der Waals surface area contributed by atoms with Crippen molar-refractivity contribution in [3.05, 3.63) is 66.1 Å². The first-order valence-electron chi connectivity index (χ1n) is 6.34. The number of halogens is 1. The van der Waals surface area contributed by atoms with Gasteiger partial charge in [-0.15, -0.1) is 0 Å². The van der Waals surface area contributed by atoms with Gasteiger partial charge in [0.1, 0.15) is 5.82 Å². The Hall–Kier alpha value is -3.00. The predicted molar refractivity (Wildman–Crippen MR) is 76.2 cm³/mol. The fraction of sp³-hybridized carbons (Fsp3) is 0.0625. The highest BCUT2D eigenvalue weighted by molar-refractivity contribution is 5.65. The molecule has 4 nitrogen and oxygen atoms in total. The molecule has 0 aliphatic heterocycles. The van der Waals surface area contributed by atoms with E-state index < -0.39 is 5.82 Å². The lowest BCUT2D eigenvalue weighted by molar-refractivity contribution is 0.630. The molecule has 0 bridgehead atoms. The molecule has 0 atom stereocenters. The van der Waals surface area contributed by atoms with Gasteiger partial charge in [0.2, 0.25) is 0 Å². The minimum Gasteiger partial charge on any atom is -0.305 e. The van der Waals surface area contributed by atoms with E-state index in [-0.39, 0.29) is 0 Å². The minimum absolute atomic E-state index is 0.295. The van der Waals surface area contributed by atoms with Crippen LogP contribution in [-0.2, 0) is 0 Å². The van der Waals surface area contributed by atoms with E-state index in [2.05, 4.69) is 9.97 Å². The molecule has 0 saturated carbocycles. The van der Waals surface area contributed by atoms with Gasteiger partial charge < -0.3 is 4.57 Å². The van der Waals surface area contributed by atoms with Crippen LogP contribution in [0, 0.1) is 24.1 Å². The van der Waals surface area contributed by atoms with Gasteiger partial charge in [0, 0.05) is 18.0 Å². The van der Waals surface area contributed by atoms with Crippen LogP contribution >= 0.6 is 0 Å². The van der Waals surface area contributed by atoms with E-state index in [0.29, 0.717) is 16.8 Å². The summed E-state index contributed by atoms with van der Waals surface area (Å²) in [7, 11) is 0. The van der Waals surface area contributed by atoms with Crippen LogP contribution in [0.15, 0.2) is 49.2 Å². The smallest absolute Gasteiger partial charge is 0.133 e. The van der Waals surface area contributed by atoms with Crippen molar-refractivity contribution in [3.8, 4) is 23.0 Å². The van der Waals surface area contributed by atoms with Crippen molar-refractivity contribution in [2.24, 2.45) is 0 Å². The Morgan fingerprint density at radius 2 is 2.14 bits per heavy atom. The maximum atomic E-state index is 14.1. The van der Waals surface area contributed by atoms with E-state index in [0.717, 1.165) is 11.3 Å². The summed E-state index contributed by atoms with van der Waals surface area (Å²) in [5.41, 5.74) is 2.97. The van der Waals surface area contributed by atoms with Gasteiger partial charge in [-0.25, -0.2) is 9.37 Å². The number of hydrogen-bond donors (Lipinski definition) is 0. The van der Waals surface area contributed by atoms with Gasteiger partial charge >= 0.3 is 0 Å². The fourth-order valence-electron chi connectivity index (χ4n) is 2.17. The first-order valence-corrected chi connectivity index (χ1v) is 6.34. The van der Waals surface area contributed by atoms with E-state index in [1.807, 2.05) is 29.8 Å². The molecule has 1 aromatic carbocycles. The third kappa shape index (κ3) is 2.39. The number of rotatable bonds is 2. The number of aryl methyl sites for hydroxylation is 1. The Kier molecular flexibility index (Phi) is 3.20. The monoisotopic (exact) mass is 278 g/mol. The minimum atomic E-state index is -0.444. The highest BCUT2D eigenvalue weighted by Crippen LogP contribution is 2.26. The second-order valence-corrected chi connectivity index (χ2v) is 4.64. The standard InChI is InChI=1S/C16H11FN4/c1-11-6-13(21-5-4-19-10-21)9-20-16(11)14-3-2-12(8-18)7-15(14)17/h2-7,9-10H,1H3. The molecule has 3 rings (SSSR count). The van der Waals surface area contributed by atoms with Crippen LogP contribution in [0.2, 0.25) is 0 Å². The molecule has 0 aliphatic rings. The number of nitrogens with zero attached hydrogens (tertiary/aromatic N) is 4. The second kappa shape index (κ2) is 5.17. The molecular formula is C16H11FN4. The second-order valence-electron chi connectivity index (χ2n) is 4.64. The first kappa shape index (κ1) is 13.0. The Labute approximate surface area is 121 Å². The SMILES string of the molecule is Cc1cc(-n2ccnc2)cnc1-c1ccc(C#N)cc1F. The highest BCUT2D eigenvalue weighted by Gasteiger charge is 2.11. The van der Waals surface area contributed by atoms with Crippen molar-refractivity contribution in [1.82, 2.24) is 14.5 Å². The van der Waals surface area contributed by atoms with E-state index >= 15 is 0 Å². The Morgan fingerprint density at radius 1 is 1.29 bits per heavy atom. The molecular weight excluding hydrogens is 267 g/mol. The molecule has 0 spiro atoms. The van der Waals surface area contributed by atoms with Gasteiger partial charge in [0.05, 0.1) is 35.5 Å². The molecule has 0 saturated heterocycles. The highest BCUT2D eigenvalue weighted by atomic mass is 19.1. The van der Waals surface area contributed by atoms with Crippen molar-refractivity contribution in [1.29, 1.82) is 5.26 Å². The van der Waals surface area contributed by atoms with Crippen LogP contribution in [0.25, 0.3) is 16.9 Å². The lowest BCUT2D eigenvalue weighted by atomic mass is 10.0. The zero-order valence-electron chi connectivity index (χ0n) is 11.3. The van der Waals surface area contributed by atoms with Crippen molar-refractivity contribution in [2.45, 2.75) is 6.92 Å². The molecule has 21 heavy (non-hydrogen) atoms. The summed E-state index contributed by atoms with van der Waals surface area (Å²) in [6.07, 6.45) is 6.85. The zero-order valence-corrected chi connectivity index (χ0v) is 11.3. The normalized spacial score (nSPS) is 10.3. The van der Waals surface area contributed by atoms with Gasteiger partial charge in [-0.2, -0.15) is 5.26 Å². The summed E-state index contributed by atoms with van der Waals surface area (Å²) in [4.78, 5) is 8.34. The van der Waals surface area contributed by atoms with Crippen LogP contribution in [-0.4, -0.2) is 14.5 Å². The summed E-state index contributed by atoms with van der Waals surface area (Å²) in [6, 6.07) is 8.23. The summed E-state index contributed by atoms with van der Waals surface area (Å²) in [5.74, 6) is -0.444. The number of imidazole rings is 1. The van der Waals surface area contributed by atoms with Gasteiger partial charge in [-0.05, 0) is 36.8 Å². The van der Waals surface area contributed by atoms with Crippen LogP contribution in [0.4, 0.5) is 4.39 Å². The fourth-order valence-corrected chi connectivity index (χ4v) is 2.17. The van der Waals surface area contributed by atoms with E-state index in [9.17, 15) is 4.39 Å². The van der Waals surface area contributed by atoms with Crippen LogP contribution in [0.3, 0.4) is 0 Å². The van der Waals surface area contributed by atoms with Crippen molar-refractivity contribution >= 4 is 0 Å². The van der Waals surface area contributed by atoms with Gasteiger partial charge in [0.15, 0.2) is 0 Å². The van der Waals surface area contributed by atoms with Crippen molar-refractivity contribution in [3.63, 3.8) is 0 Å². The number of nitriles is 1. The number of benzene rings is 1. The molecule has 0 N–H and O–H groups in total. The molecule has 102 valence electrons. The summed E-state index contributed by atoms with van der Waals surface area (Å²) in [5, 5.41) is 8.78. The van der Waals surface area contributed by atoms with Crippen molar-refractivity contribution < 1.29 is 4.39 Å². The van der Waals surface area contributed by atoms with E-state index in [4.69, 9.17) is 5.26 Å². The Bertz CT molecular complexity index is 832. The largest absolute Gasteiger partial charge is 0.305 e. The van der Waals surface area contributed by atoms with Gasteiger partial charge in [-0.1, -0.05) is 0 Å². The Morgan fingerprint density at radius 3 is 2.76 bits per heavy atom. The number of pyridine rings is 1. The average Bonchev–Trinajstić information content (AvgIpc) is 3.02. The molecule has 0 aliphatic carbocycles. The molecule has 2 aromatic heterocycles. The molecule has 5 heteroatoms. The number of aromatic nitrogens is 3. The molecule has 0 amide bonds. The van der Waals surface area contributed by atoms with Crippen LogP contribution < -0.4 is 0 Å². The molecule has 2 heterocycles. The molecule has 3 aromatic rings. The van der Waals surface area contributed by atoms with Gasteiger partial charge in [0.25, 0.3) is 0 Å². The third-order valence-electron chi connectivity index (χ3n) is 3.22. The lowest BCUT2D eigenvalue weighted by Crippen LogP contribution is -1.97. The quantitative estimate of drug-likeness (QED) is 0.723. The summed E-state index contributed by atoms with van der Waals surface area (Å²) < 4.78 is 15.9. The summed E-state index contributed by atoms with van der Waals surface area (Å²) in [6.45, 7) is 1.88. The summed E-state index contributed by atoms with van der Waals surface area (Å²) >= 11 is 0.